The fourth-order valence-electron chi connectivity index (χ4n) is 2.48. The summed E-state index contributed by atoms with van der Waals surface area (Å²) in [4.78, 5) is 18.8. The summed E-state index contributed by atoms with van der Waals surface area (Å²) in [6, 6.07) is 19.2. The first kappa shape index (κ1) is 15.8. The Labute approximate surface area is 152 Å². The van der Waals surface area contributed by atoms with E-state index >= 15 is 0 Å². The first-order valence-electron chi connectivity index (χ1n) is 7.65. The summed E-state index contributed by atoms with van der Waals surface area (Å²) in [5.41, 5.74) is 1.64. The van der Waals surface area contributed by atoms with E-state index in [1.54, 1.807) is 18.4 Å². The van der Waals surface area contributed by atoms with Crippen LogP contribution < -0.4 is 10.1 Å². The highest BCUT2D eigenvalue weighted by molar-refractivity contribution is 7.26. The number of thiazole rings is 1. The third-order valence-corrected chi connectivity index (χ3v) is 5.98. The van der Waals surface area contributed by atoms with Gasteiger partial charge in [-0.15, -0.1) is 22.7 Å². The lowest BCUT2D eigenvalue weighted by Gasteiger charge is -2.08. The number of methoxy groups -OCH3 is 1. The molecule has 1 N–H and O–H groups in total. The number of nitrogens with zero attached hydrogens (tertiary/aromatic N) is 1. The van der Waals surface area contributed by atoms with Crippen LogP contribution in [0.2, 0.25) is 0 Å². The van der Waals surface area contributed by atoms with E-state index in [0.29, 0.717) is 16.3 Å². The van der Waals surface area contributed by atoms with E-state index in [1.807, 2.05) is 54.6 Å². The van der Waals surface area contributed by atoms with Crippen LogP contribution in [0.1, 0.15) is 9.67 Å². The third-order valence-electron chi connectivity index (χ3n) is 3.69. The van der Waals surface area contributed by atoms with Crippen molar-refractivity contribution in [2.24, 2.45) is 0 Å². The van der Waals surface area contributed by atoms with Crippen molar-refractivity contribution < 1.29 is 9.53 Å². The van der Waals surface area contributed by atoms with Crippen LogP contribution >= 0.6 is 22.7 Å². The van der Waals surface area contributed by atoms with Crippen LogP contribution in [0.3, 0.4) is 0 Å². The van der Waals surface area contributed by atoms with E-state index < -0.39 is 0 Å². The standard InChI is InChI=1S/C19H14N2O2S2/c1-23-14-8-4-2-6-12(14)20-18(22)16-10-11-17(24-16)19-21-13-7-3-5-9-15(13)25-19/h2-11H,1H3,(H,20,22). The minimum absolute atomic E-state index is 0.151. The van der Waals surface area contributed by atoms with Crippen molar-refractivity contribution in [3.8, 4) is 15.6 Å². The van der Waals surface area contributed by atoms with Crippen LogP contribution in [0.4, 0.5) is 5.69 Å². The van der Waals surface area contributed by atoms with Crippen LogP contribution in [0.25, 0.3) is 20.1 Å². The Bertz CT molecular complexity index is 1020. The van der Waals surface area contributed by atoms with Gasteiger partial charge in [0.1, 0.15) is 10.8 Å². The first-order chi connectivity index (χ1) is 12.2. The summed E-state index contributed by atoms with van der Waals surface area (Å²) in [5, 5.41) is 3.83. The highest BCUT2D eigenvalue weighted by Crippen LogP contribution is 2.35. The van der Waals surface area contributed by atoms with Gasteiger partial charge >= 0.3 is 0 Å². The van der Waals surface area contributed by atoms with Crippen molar-refractivity contribution in [3.05, 3.63) is 65.5 Å². The zero-order valence-corrected chi connectivity index (χ0v) is 15.0. The maximum atomic E-state index is 12.5. The second-order valence-electron chi connectivity index (χ2n) is 5.31. The highest BCUT2D eigenvalue weighted by atomic mass is 32.1. The molecule has 0 radical (unpaired) electrons. The molecule has 25 heavy (non-hydrogen) atoms. The van der Waals surface area contributed by atoms with Crippen molar-refractivity contribution in [1.29, 1.82) is 0 Å². The Balaban J connectivity index is 1.59. The van der Waals surface area contributed by atoms with Gasteiger partial charge < -0.3 is 10.1 Å². The van der Waals surface area contributed by atoms with Crippen molar-refractivity contribution >= 4 is 44.5 Å². The molecule has 0 spiro atoms. The van der Waals surface area contributed by atoms with E-state index in [1.165, 1.54) is 11.3 Å². The van der Waals surface area contributed by atoms with Crippen molar-refractivity contribution in [2.45, 2.75) is 0 Å². The minimum Gasteiger partial charge on any atom is -0.495 e. The fourth-order valence-corrected chi connectivity index (χ4v) is 4.41. The Kier molecular flexibility index (Phi) is 4.21. The molecule has 0 aliphatic carbocycles. The molecule has 2 aromatic carbocycles. The normalized spacial score (nSPS) is 10.8. The first-order valence-corrected chi connectivity index (χ1v) is 9.28. The molecule has 0 saturated heterocycles. The number of aromatic nitrogens is 1. The van der Waals surface area contributed by atoms with Crippen molar-refractivity contribution in [2.75, 3.05) is 12.4 Å². The molecule has 0 aliphatic heterocycles. The number of amides is 1. The molecule has 6 heteroatoms. The van der Waals surface area contributed by atoms with Gasteiger partial charge in [0.25, 0.3) is 5.91 Å². The quantitative estimate of drug-likeness (QED) is 0.534. The van der Waals surface area contributed by atoms with Gasteiger partial charge in [0.2, 0.25) is 0 Å². The SMILES string of the molecule is COc1ccccc1NC(=O)c1ccc(-c2nc3ccccc3s2)s1. The van der Waals surface area contributed by atoms with Crippen LogP contribution in [0.5, 0.6) is 5.75 Å². The van der Waals surface area contributed by atoms with Gasteiger partial charge in [-0.05, 0) is 36.4 Å². The lowest BCUT2D eigenvalue weighted by Crippen LogP contribution is -2.10. The van der Waals surface area contributed by atoms with E-state index in [-0.39, 0.29) is 5.91 Å². The van der Waals surface area contributed by atoms with Crippen LogP contribution in [-0.4, -0.2) is 18.0 Å². The molecular formula is C19H14N2O2S2. The van der Waals surface area contributed by atoms with Gasteiger partial charge in [0.15, 0.2) is 0 Å². The Morgan fingerprint density at radius 2 is 1.80 bits per heavy atom. The monoisotopic (exact) mass is 366 g/mol. The molecular weight excluding hydrogens is 352 g/mol. The third kappa shape index (κ3) is 3.14. The predicted molar refractivity (Wildman–Crippen MR) is 104 cm³/mol. The van der Waals surface area contributed by atoms with Crippen LogP contribution in [0.15, 0.2) is 60.7 Å². The van der Waals surface area contributed by atoms with Gasteiger partial charge in [-0.25, -0.2) is 4.98 Å². The largest absolute Gasteiger partial charge is 0.495 e. The average Bonchev–Trinajstić information content (AvgIpc) is 3.29. The van der Waals surface area contributed by atoms with Crippen molar-refractivity contribution in [1.82, 2.24) is 4.98 Å². The zero-order chi connectivity index (χ0) is 17.2. The Morgan fingerprint density at radius 1 is 1.00 bits per heavy atom. The smallest absolute Gasteiger partial charge is 0.265 e. The number of ether oxygens (including phenoxy) is 1. The number of carbonyl (C=O) groups excluding carboxylic acids is 1. The molecule has 0 saturated carbocycles. The van der Waals surface area contributed by atoms with Gasteiger partial charge in [0, 0.05) is 0 Å². The maximum Gasteiger partial charge on any atom is 0.265 e. The zero-order valence-electron chi connectivity index (χ0n) is 13.4. The molecule has 124 valence electrons. The van der Waals surface area contributed by atoms with Gasteiger partial charge in [0.05, 0.1) is 32.8 Å². The number of anilines is 1. The molecule has 2 heterocycles. The summed E-state index contributed by atoms with van der Waals surface area (Å²) < 4.78 is 6.42. The lowest BCUT2D eigenvalue weighted by molar-refractivity contribution is 0.103. The molecule has 0 atom stereocenters. The van der Waals surface area contributed by atoms with E-state index in [2.05, 4.69) is 16.4 Å². The predicted octanol–water partition coefficient (Wildman–Crippen LogP) is 5.29. The summed E-state index contributed by atoms with van der Waals surface area (Å²) in [6.07, 6.45) is 0. The molecule has 1 amide bonds. The van der Waals surface area contributed by atoms with Gasteiger partial charge in [-0.1, -0.05) is 24.3 Å². The molecule has 4 nitrogen and oxygen atoms in total. The fraction of sp³-hybridized carbons (Fsp3) is 0.0526. The Hall–Kier alpha value is -2.70. The second-order valence-corrected chi connectivity index (χ2v) is 7.42. The van der Waals surface area contributed by atoms with Gasteiger partial charge in [-0.2, -0.15) is 0 Å². The van der Waals surface area contributed by atoms with E-state index in [0.717, 1.165) is 20.1 Å². The summed E-state index contributed by atoms with van der Waals surface area (Å²) >= 11 is 3.07. The average molecular weight is 366 g/mol. The molecule has 0 bridgehead atoms. The topological polar surface area (TPSA) is 51.2 Å². The number of hydrogen-bond acceptors (Lipinski definition) is 5. The van der Waals surface area contributed by atoms with E-state index in [4.69, 9.17) is 4.74 Å². The van der Waals surface area contributed by atoms with Crippen LogP contribution in [0, 0.1) is 0 Å². The minimum atomic E-state index is -0.151. The second kappa shape index (κ2) is 6.66. The van der Waals surface area contributed by atoms with Gasteiger partial charge in [-0.3, -0.25) is 4.79 Å². The molecule has 0 aliphatic rings. The van der Waals surface area contributed by atoms with Crippen LogP contribution in [-0.2, 0) is 0 Å². The number of thiophene rings is 1. The van der Waals surface area contributed by atoms with Crippen molar-refractivity contribution in [3.63, 3.8) is 0 Å². The molecule has 0 fully saturated rings. The summed E-state index contributed by atoms with van der Waals surface area (Å²) in [6.45, 7) is 0. The summed E-state index contributed by atoms with van der Waals surface area (Å²) in [5.74, 6) is 0.487. The maximum absolute atomic E-state index is 12.5. The number of nitrogens with one attached hydrogen (secondary N) is 1. The lowest BCUT2D eigenvalue weighted by atomic mass is 10.3. The number of benzene rings is 2. The Morgan fingerprint density at radius 3 is 2.64 bits per heavy atom. The highest BCUT2D eigenvalue weighted by Gasteiger charge is 2.14. The number of hydrogen-bond donors (Lipinski definition) is 1. The number of para-hydroxylation sites is 3. The molecule has 2 aromatic heterocycles. The number of rotatable bonds is 4. The number of carbonyl (C=O) groups is 1. The number of fused-ring (bicyclic) bond motifs is 1. The molecule has 0 unspecified atom stereocenters. The summed E-state index contributed by atoms with van der Waals surface area (Å²) in [7, 11) is 1.58. The van der Waals surface area contributed by atoms with E-state index in [9.17, 15) is 4.79 Å². The molecule has 4 aromatic rings. The molecule has 4 rings (SSSR count).